The molecule has 7 heteroatoms. The van der Waals surface area contributed by atoms with E-state index in [1.165, 1.54) is 4.90 Å². The third-order valence-corrected chi connectivity index (χ3v) is 3.89. The van der Waals surface area contributed by atoms with Crippen molar-refractivity contribution in [1.82, 2.24) is 9.88 Å². The Labute approximate surface area is 142 Å². The van der Waals surface area contributed by atoms with Gasteiger partial charge in [0, 0.05) is 40.5 Å². The highest BCUT2D eigenvalue weighted by molar-refractivity contribution is 6.33. The number of pyridine rings is 1. The van der Waals surface area contributed by atoms with Crippen LogP contribution in [0.1, 0.15) is 24.2 Å². The summed E-state index contributed by atoms with van der Waals surface area (Å²) in [4.78, 5) is 20.0. The van der Waals surface area contributed by atoms with Crippen LogP contribution in [0.2, 0.25) is 5.02 Å². The topological polar surface area (TPSA) is 54.9 Å². The average Bonchev–Trinajstić information content (AvgIpc) is 2.44. The van der Waals surface area contributed by atoms with Crippen molar-refractivity contribution in [2.75, 3.05) is 45.8 Å². The maximum Gasteiger partial charge on any atom is 0.254 e. The van der Waals surface area contributed by atoms with Crippen LogP contribution in [0.3, 0.4) is 0 Å². The number of ether oxygens (including phenoxy) is 2. The first kappa shape index (κ1) is 18.0. The molecule has 0 N–H and O–H groups in total. The lowest BCUT2D eigenvalue weighted by Gasteiger charge is -2.43. The van der Waals surface area contributed by atoms with Crippen molar-refractivity contribution >= 4 is 23.3 Å². The van der Waals surface area contributed by atoms with Crippen molar-refractivity contribution in [3.63, 3.8) is 0 Å². The lowest BCUT2D eigenvalue weighted by Crippen LogP contribution is -2.54. The van der Waals surface area contributed by atoms with Crippen LogP contribution in [0.4, 0.5) is 5.82 Å². The van der Waals surface area contributed by atoms with Crippen molar-refractivity contribution in [2.24, 2.45) is 0 Å². The first-order chi connectivity index (χ1) is 10.7. The summed E-state index contributed by atoms with van der Waals surface area (Å²) in [5, 5.41) is 0.464. The molecule has 1 fully saturated rings. The molecule has 0 spiro atoms. The minimum Gasteiger partial charge on any atom is -0.382 e. The van der Waals surface area contributed by atoms with Gasteiger partial charge in [-0.1, -0.05) is 11.6 Å². The van der Waals surface area contributed by atoms with Crippen LogP contribution in [-0.4, -0.2) is 68.4 Å². The van der Waals surface area contributed by atoms with Gasteiger partial charge in [0.25, 0.3) is 5.91 Å². The monoisotopic (exact) mass is 341 g/mol. The summed E-state index contributed by atoms with van der Waals surface area (Å²) in [6, 6.07) is 1.67. The van der Waals surface area contributed by atoms with E-state index in [0.29, 0.717) is 36.1 Å². The van der Waals surface area contributed by atoms with Crippen molar-refractivity contribution in [2.45, 2.75) is 25.6 Å². The number of anilines is 1. The molecule has 1 amide bonds. The first-order valence-corrected chi connectivity index (χ1v) is 7.90. The predicted octanol–water partition coefficient (Wildman–Crippen LogP) is 2.07. The van der Waals surface area contributed by atoms with Crippen LogP contribution in [0.5, 0.6) is 0 Å². The Balaban J connectivity index is 2.25. The molecule has 0 aliphatic carbocycles. The number of methoxy groups -OCH3 is 1. The smallest absolute Gasteiger partial charge is 0.254 e. The summed E-state index contributed by atoms with van der Waals surface area (Å²) in [6.45, 7) is 5.87. The van der Waals surface area contributed by atoms with Crippen LogP contribution in [-0.2, 0) is 9.47 Å². The fourth-order valence-electron chi connectivity index (χ4n) is 2.77. The molecule has 23 heavy (non-hydrogen) atoms. The second kappa shape index (κ2) is 7.03. The number of carbonyl (C=O) groups is 1. The summed E-state index contributed by atoms with van der Waals surface area (Å²) in [7, 11) is 5.05. The van der Waals surface area contributed by atoms with E-state index in [-0.39, 0.29) is 17.6 Å². The molecule has 0 aromatic carbocycles. The third-order valence-electron chi connectivity index (χ3n) is 3.61. The second-order valence-electron chi connectivity index (χ2n) is 6.56. The lowest BCUT2D eigenvalue weighted by molar-refractivity contribution is -0.106. The molecule has 1 aromatic rings. The predicted molar refractivity (Wildman–Crippen MR) is 90.3 cm³/mol. The highest BCUT2D eigenvalue weighted by atomic mass is 35.5. The average molecular weight is 342 g/mol. The van der Waals surface area contributed by atoms with E-state index in [1.807, 2.05) is 13.8 Å². The second-order valence-corrected chi connectivity index (χ2v) is 6.97. The molecular formula is C16H24ClN3O3. The quantitative estimate of drug-likeness (QED) is 0.839. The number of hydrogen-bond donors (Lipinski definition) is 0. The summed E-state index contributed by atoms with van der Waals surface area (Å²) in [5.74, 6) is 0.546. The van der Waals surface area contributed by atoms with E-state index < -0.39 is 0 Å². The largest absolute Gasteiger partial charge is 0.382 e. The van der Waals surface area contributed by atoms with Crippen LogP contribution in [0.25, 0.3) is 0 Å². The van der Waals surface area contributed by atoms with Gasteiger partial charge in [-0.25, -0.2) is 4.98 Å². The minimum atomic E-state index is -0.329. The maximum atomic E-state index is 12.0. The van der Waals surface area contributed by atoms with Crippen LogP contribution >= 0.6 is 11.6 Å². The molecule has 1 aliphatic rings. The molecule has 0 saturated carbocycles. The summed E-state index contributed by atoms with van der Waals surface area (Å²) < 4.78 is 11.2. The number of rotatable bonds is 4. The fourth-order valence-corrected chi connectivity index (χ4v) is 3.05. The maximum absolute atomic E-state index is 12.0. The number of hydrogen-bond acceptors (Lipinski definition) is 5. The molecule has 0 radical (unpaired) electrons. The summed E-state index contributed by atoms with van der Waals surface area (Å²) >= 11 is 6.38. The highest BCUT2D eigenvalue weighted by Crippen LogP contribution is 2.30. The molecule has 2 heterocycles. The normalized spacial score (nSPS) is 20.4. The van der Waals surface area contributed by atoms with Gasteiger partial charge in [0.05, 0.1) is 28.9 Å². The standard InChI is InChI=1S/C16H24ClN3O3/c1-16(2)10-20(8-12(23-16)9-22-5)14-13(17)6-11(7-18-14)15(21)19(3)4/h6-7,12H,8-10H2,1-5H3/t12-/m0/s1. The molecule has 2 rings (SSSR count). The minimum absolute atomic E-state index is 0.0512. The molecule has 128 valence electrons. The van der Waals surface area contributed by atoms with E-state index >= 15 is 0 Å². The Morgan fingerprint density at radius 2 is 2.26 bits per heavy atom. The molecule has 0 unspecified atom stereocenters. The highest BCUT2D eigenvalue weighted by Gasteiger charge is 2.34. The molecular weight excluding hydrogens is 318 g/mol. The van der Waals surface area contributed by atoms with Crippen molar-refractivity contribution in [3.8, 4) is 0 Å². The van der Waals surface area contributed by atoms with Gasteiger partial charge in [-0.3, -0.25) is 4.79 Å². The molecule has 1 saturated heterocycles. The molecule has 1 atom stereocenters. The molecule has 0 bridgehead atoms. The van der Waals surface area contributed by atoms with Crippen LogP contribution in [0.15, 0.2) is 12.3 Å². The van der Waals surface area contributed by atoms with Gasteiger partial charge in [0.2, 0.25) is 0 Å². The number of halogens is 1. The molecule has 1 aliphatic heterocycles. The van der Waals surface area contributed by atoms with Gasteiger partial charge >= 0.3 is 0 Å². The Kier molecular flexibility index (Phi) is 5.49. The van der Waals surface area contributed by atoms with Crippen molar-refractivity contribution < 1.29 is 14.3 Å². The lowest BCUT2D eigenvalue weighted by atomic mass is 10.1. The Morgan fingerprint density at radius 1 is 1.57 bits per heavy atom. The van der Waals surface area contributed by atoms with E-state index in [4.69, 9.17) is 21.1 Å². The summed E-state index contributed by atoms with van der Waals surface area (Å²) in [5.41, 5.74) is 0.148. The first-order valence-electron chi connectivity index (χ1n) is 7.52. The van der Waals surface area contributed by atoms with Gasteiger partial charge in [0.15, 0.2) is 0 Å². The Morgan fingerprint density at radius 3 is 2.83 bits per heavy atom. The Bertz CT molecular complexity index is 578. The van der Waals surface area contributed by atoms with E-state index in [0.717, 1.165) is 0 Å². The van der Waals surface area contributed by atoms with Crippen LogP contribution < -0.4 is 4.90 Å². The zero-order valence-corrected chi connectivity index (χ0v) is 15.1. The number of morpholine rings is 1. The van der Waals surface area contributed by atoms with Crippen molar-refractivity contribution in [3.05, 3.63) is 22.8 Å². The zero-order chi connectivity index (χ0) is 17.2. The van der Waals surface area contributed by atoms with E-state index in [1.54, 1.807) is 33.5 Å². The number of carbonyl (C=O) groups excluding carboxylic acids is 1. The number of amides is 1. The third kappa shape index (κ3) is 4.34. The fraction of sp³-hybridized carbons (Fsp3) is 0.625. The summed E-state index contributed by atoms with van der Waals surface area (Å²) in [6.07, 6.45) is 1.52. The van der Waals surface area contributed by atoms with E-state index in [9.17, 15) is 4.79 Å². The Hall–Kier alpha value is -1.37. The van der Waals surface area contributed by atoms with Gasteiger partial charge in [0.1, 0.15) is 5.82 Å². The van der Waals surface area contributed by atoms with Crippen LogP contribution in [0, 0.1) is 0 Å². The SMILES string of the molecule is COC[C@@H]1CN(c2ncc(C(=O)N(C)C)cc2Cl)CC(C)(C)O1. The zero-order valence-electron chi connectivity index (χ0n) is 14.3. The van der Waals surface area contributed by atoms with Gasteiger partial charge in [-0.15, -0.1) is 0 Å². The van der Waals surface area contributed by atoms with E-state index in [2.05, 4.69) is 9.88 Å². The molecule has 6 nitrogen and oxygen atoms in total. The number of nitrogens with zero attached hydrogens (tertiary/aromatic N) is 3. The number of aromatic nitrogens is 1. The van der Waals surface area contributed by atoms with Crippen molar-refractivity contribution in [1.29, 1.82) is 0 Å². The molecule has 1 aromatic heterocycles. The van der Waals surface area contributed by atoms with Gasteiger partial charge in [-0.05, 0) is 19.9 Å². The van der Waals surface area contributed by atoms with Gasteiger partial charge < -0.3 is 19.3 Å². The van der Waals surface area contributed by atoms with Gasteiger partial charge in [-0.2, -0.15) is 0 Å².